The molecule has 0 atom stereocenters. The van der Waals surface area contributed by atoms with Gasteiger partial charge in [0.1, 0.15) is 5.75 Å². The molecule has 1 amide bonds. The minimum absolute atomic E-state index is 0.260. The van der Waals surface area contributed by atoms with Gasteiger partial charge in [0.25, 0.3) is 5.91 Å². The van der Waals surface area contributed by atoms with Crippen LogP contribution in [0, 0.1) is 6.92 Å². The summed E-state index contributed by atoms with van der Waals surface area (Å²) in [5.41, 5.74) is 4.92. The van der Waals surface area contributed by atoms with Crippen LogP contribution in [0.5, 0.6) is 5.75 Å². The summed E-state index contributed by atoms with van der Waals surface area (Å²) in [6, 6.07) is 23.5. The second-order valence-corrected chi connectivity index (χ2v) is 7.23. The van der Waals surface area contributed by atoms with Crippen LogP contribution in [0.25, 0.3) is 0 Å². The average molecular weight is 418 g/mol. The van der Waals surface area contributed by atoms with Crippen molar-refractivity contribution in [1.82, 2.24) is 0 Å². The monoisotopic (exact) mass is 417 g/mol. The van der Waals surface area contributed by atoms with Crippen LogP contribution >= 0.6 is 0 Å². The molecule has 0 bridgehead atoms. The molecule has 0 aliphatic rings. The first-order chi connectivity index (χ1) is 15.1. The number of para-hydroxylation sites is 2. The Balaban J connectivity index is 1.50. The first kappa shape index (κ1) is 22.1. The summed E-state index contributed by atoms with van der Waals surface area (Å²) < 4.78 is 10.8. The zero-order valence-electron chi connectivity index (χ0n) is 17.9. The predicted octanol–water partition coefficient (Wildman–Crippen LogP) is 4.71. The molecule has 5 heteroatoms. The number of esters is 1. The molecule has 0 unspecified atom stereocenters. The lowest BCUT2D eigenvalue weighted by atomic mass is 10.0. The molecule has 0 aliphatic heterocycles. The van der Waals surface area contributed by atoms with E-state index < -0.39 is 5.97 Å². The van der Waals surface area contributed by atoms with Crippen molar-refractivity contribution in [3.8, 4) is 5.75 Å². The largest absolute Gasteiger partial charge is 0.482 e. The van der Waals surface area contributed by atoms with E-state index in [9.17, 15) is 9.59 Å². The summed E-state index contributed by atoms with van der Waals surface area (Å²) in [6.07, 6.45) is 1.50. The van der Waals surface area contributed by atoms with Crippen molar-refractivity contribution in [2.75, 3.05) is 18.5 Å². The first-order valence-electron chi connectivity index (χ1n) is 10.4. The number of anilines is 1. The summed E-state index contributed by atoms with van der Waals surface area (Å²) in [4.78, 5) is 24.3. The normalized spacial score (nSPS) is 10.4. The van der Waals surface area contributed by atoms with Crippen molar-refractivity contribution in [1.29, 1.82) is 0 Å². The lowest BCUT2D eigenvalue weighted by Crippen LogP contribution is -2.24. The fourth-order valence-electron chi connectivity index (χ4n) is 3.31. The standard InChI is InChI=1S/C26H27NO4/c1-3-21-14-9-10-19(2)26(21)27-24(28)17-31-25(29)18-30-23-15-8-7-13-22(23)16-20-11-5-4-6-12-20/h4-15H,3,16-18H2,1-2H3,(H,27,28). The highest BCUT2D eigenvalue weighted by molar-refractivity contribution is 5.94. The number of carbonyl (C=O) groups is 2. The molecular weight excluding hydrogens is 390 g/mol. The van der Waals surface area contributed by atoms with Gasteiger partial charge in [-0.3, -0.25) is 4.79 Å². The van der Waals surface area contributed by atoms with Crippen molar-refractivity contribution < 1.29 is 19.1 Å². The van der Waals surface area contributed by atoms with E-state index in [4.69, 9.17) is 9.47 Å². The molecule has 0 spiro atoms. The van der Waals surface area contributed by atoms with Crippen LogP contribution in [0.15, 0.2) is 72.8 Å². The summed E-state index contributed by atoms with van der Waals surface area (Å²) in [5.74, 6) is -0.341. The number of rotatable bonds is 9. The first-order valence-corrected chi connectivity index (χ1v) is 10.4. The number of ether oxygens (including phenoxy) is 2. The van der Waals surface area contributed by atoms with Gasteiger partial charge in [0.15, 0.2) is 13.2 Å². The number of hydrogen-bond donors (Lipinski definition) is 1. The second-order valence-electron chi connectivity index (χ2n) is 7.23. The Morgan fingerprint density at radius 3 is 2.32 bits per heavy atom. The van der Waals surface area contributed by atoms with Gasteiger partial charge in [-0.05, 0) is 41.7 Å². The van der Waals surface area contributed by atoms with Crippen LogP contribution in [-0.2, 0) is 27.2 Å². The number of nitrogens with one attached hydrogen (secondary N) is 1. The molecule has 31 heavy (non-hydrogen) atoms. The molecule has 1 N–H and O–H groups in total. The van der Waals surface area contributed by atoms with Gasteiger partial charge in [-0.25, -0.2) is 4.79 Å². The Morgan fingerprint density at radius 1 is 0.839 bits per heavy atom. The van der Waals surface area contributed by atoms with Gasteiger partial charge in [-0.1, -0.05) is 73.7 Å². The zero-order valence-corrected chi connectivity index (χ0v) is 17.9. The Kier molecular flexibility index (Phi) is 7.82. The van der Waals surface area contributed by atoms with Gasteiger partial charge < -0.3 is 14.8 Å². The Morgan fingerprint density at radius 2 is 1.55 bits per heavy atom. The number of benzene rings is 3. The van der Waals surface area contributed by atoms with Crippen LogP contribution < -0.4 is 10.1 Å². The van der Waals surface area contributed by atoms with Gasteiger partial charge in [0.05, 0.1) is 0 Å². The molecule has 0 fully saturated rings. The minimum atomic E-state index is -0.592. The third-order valence-corrected chi connectivity index (χ3v) is 4.92. The van der Waals surface area contributed by atoms with Crippen molar-refractivity contribution in [3.05, 3.63) is 95.1 Å². The summed E-state index contributed by atoms with van der Waals surface area (Å²) in [6.45, 7) is 3.34. The van der Waals surface area contributed by atoms with E-state index in [1.165, 1.54) is 0 Å². The van der Waals surface area contributed by atoms with Crippen LogP contribution in [0.4, 0.5) is 5.69 Å². The lowest BCUT2D eigenvalue weighted by molar-refractivity contribution is -0.149. The second kappa shape index (κ2) is 11.0. The maximum Gasteiger partial charge on any atom is 0.344 e. The Labute approximate surface area is 183 Å². The molecule has 160 valence electrons. The van der Waals surface area contributed by atoms with Gasteiger partial charge in [-0.2, -0.15) is 0 Å². The van der Waals surface area contributed by atoms with E-state index in [1.807, 2.05) is 86.6 Å². The SMILES string of the molecule is CCc1cccc(C)c1NC(=O)COC(=O)COc1ccccc1Cc1ccccc1. The Hall–Kier alpha value is -3.60. The van der Waals surface area contributed by atoms with Crippen molar-refractivity contribution in [3.63, 3.8) is 0 Å². The quantitative estimate of drug-likeness (QED) is 0.512. The van der Waals surface area contributed by atoms with Gasteiger partial charge in [0.2, 0.25) is 0 Å². The van der Waals surface area contributed by atoms with Crippen molar-refractivity contribution in [2.24, 2.45) is 0 Å². The lowest BCUT2D eigenvalue weighted by Gasteiger charge is -2.13. The highest BCUT2D eigenvalue weighted by atomic mass is 16.6. The van der Waals surface area contributed by atoms with Crippen LogP contribution in [-0.4, -0.2) is 25.1 Å². The van der Waals surface area contributed by atoms with E-state index >= 15 is 0 Å². The third-order valence-electron chi connectivity index (χ3n) is 4.92. The number of hydrogen-bond acceptors (Lipinski definition) is 4. The molecule has 0 heterocycles. The predicted molar refractivity (Wildman–Crippen MR) is 121 cm³/mol. The molecule has 0 aliphatic carbocycles. The molecular formula is C26H27NO4. The molecule has 3 aromatic carbocycles. The maximum atomic E-state index is 12.2. The van der Waals surface area contributed by atoms with E-state index in [1.54, 1.807) is 0 Å². The van der Waals surface area contributed by atoms with E-state index in [0.717, 1.165) is 34.4 Å². The smallest absolute Gasteiger partial charge is 0.344 e. The molecule has 3 rings (SSSR count). The zero-order chi connectivity index (χ0) is 22.1. The average Bonchev–Trinajstić information content (AvgIpc) is 2.79. The van der Waals surface area contributed by atoms with E-state index in [-0.39, 0.29) is 19.1 Å². The summed E-state index contributed by atoms with van der Waals surface area (Å²) in [7, 11) is 0. The van der Waals surface area contributed by atoms with Gasteiger partial charge >= 0.3 is 5.97 Å². The molecule has 3 aromatic rings. The fraction of sp³-hybridized carbons (Fsp3) is 0.231. The highest BCUT2D eigenvalue weighted by Gasteiger charge is 2.13. The Bertz CT molecular complexity index is 1030. The number of amides is 1. The molecule has 0 aromatic heterocycles. The van der Waals surface area contributed by atoms with Crippen LogP contribution in [0.3, 0.4) is 0 Å². The van der Waals surface area contributed by atoms with Gasteiger partial charge in [0, 0.05) is 12.1 Å². The number of aryl methyl sites for hydroxylation is 2. The van der Waals surface area contributed by atoms with E-state index in [0.29, 0.717) is 12.2 Å². The van der Waals surface area contributed by atoms with Crippen molar-refractivity contribution in [2.45, 2.75) is 26.7 Å². The molecule has 0 radical (unpaired) electrons. The maximum absolute atomic E-state index is 12.2. The molecule has 0 saturated carbocycles. The van der Waals surface area contributed by atoms with E-state index in [2.05, 4.69) is 5.32 Å². The summed E-state index contributed by atoms with van der Waals surface area (Å²) in [5, 5.41) is 2.84. The summed E-state index contributed by atoms with van der Waals surface area (Å²) >= 11 is 0. The van der Waals surface area contributed by atoms with Crippen molar-refractivity contribution >= 4 is 17.6 Å². The van der Waals surface area contributed by atoms with Crippen LogP contribution in [0.1, 0.15) is 29.2 Å². The third kappa shape index (κ3) is 6.44. The highest BCUT2D eigenvalue weighted by Crippen LogP contribution is 2.22. The van der Waals surface area contributed by atoms with Crippen LogP contribution in [0.2, 0.25) is 0 Å². The van der Waals surface area contributed by atoms with Gasteiger partial charge in [-0.15, -0.1) is 0 Å². The minimum Gasteiger partial charge on any atom is -0.482 e. The topological polar surface area (TPSA) is 64.6 Å². The molecule has 0 saturated heterocycles. The number of carbonyl (C=O) groups excluding carboxylic acids is 2. The molecule has 5 nitrogen and oxygen atoms in total. The fourth-order valence-corrected chi connectivity index (χ4v) is 3.31.